The van der Waals surface area contributed by atoms with E-state index in [1.54, 1.807) is 6.07 Å². The molecular formula is C15H13F4N5O3S. The molecule has 1 atom stereocenters. The number of nitriles is 1. The van der Waals surface area contributed by atoms with Crippen molar-refractivity contribution >= 4 is 21.6 Å². The minimum absolute atomic E-state index is 0.0289. The van der Waals surface area contributed by atoms with Crippen molar-refractivity contribution in [3.8, 4) is 6.07 Å². The molecule has 0 bridgehead atoms. The number of nitrogens with one attached hydrogen (secondary N) is 2. The average molecular weight is 419 g/mol. The van der Waals surface area contributed by atoms with Gasteiger partial charge in [-0.25, -0.2) is 17.8 Å². The van der Waals surface area contributed by atoms with Crippen LogP contribution in [0.5, 0.6) is 0 Å². The summed E-state index contributed by atoms with van der Waals surface area (Å²) in [5, 5.41) is 11.0. The number of hydrogen-bond donors (Lipinski definition) is 2. The largest absolute Gasteiger partial charge is 0.404 e. The summed E-state index contributed by atoms with van der Waals surface area (Å²) in [4.78, 5) is 14.9. The maximum absolute atomic E-state index is 14.6. The third-order valence-electron chi connectivity index (χ3n) is 3.55. The number of halogens is 4. The minimum Gasteiger partial charge on any atom is -0.343 e. The van der Waals surface area contributed by atoms with Crippen LogP contribution >= 0.6 is 0 Å². The quantitative estimate of drug-likeness (QED) is 0.718. The van der Waals surface area contributed by atoms with Crippen LogP contribution in [0.1, 0.15) is 23.1 Å². The molecule has 0 spiro atoms. The van der Waals surface area contributed by atoms with Crippen molar-refractivity contribution in [2.75, 3.05) is 5.32 Å². The first kappa shape index (κ1) is 21.3. The van der Waals surface area contributed by atoms with Crippen molar-refractivity contribution in [3.63, 3.8) is 0 Å². The Morgan fingerprint density at radius 2 is 2.04 bits per heavy atom. The highest BCUT2D eigenvalue weighted by atomic mass is 32.2. The van der Waals surface area contributed by atoms with Crippen LogP contribution in [0.2, 0.25) is 0 Å². The predicted octanol–water partition coefficient (Wildman–Crippen LogP) is 1.91. The van der Waals surface area contributed by atoms with Crippen molar-refractivity contribution in [3.05, 3.63) is 41.7 Å². The van der Waals surface area contributed by atoms with E-state index in [-0.39, 0.29) is 11.4 Å². The Labute approximate surface area is 156 Å². The van der Waals surface area contributed by atoms with Crippen LogP contribution in [-0.4, -0.2) is 36.1 Å². The van der Waals surface area contributed by atoms with Crippen molar-refractivity contribution in [1.29, 1.82) is 5.26 Å². The highest BCUT2D eigenvalue weighted by Crippen LogP contribution is 2.25. The summed E-state index contributed by atoms with van der Waals surface area (Å²) in [7, 11) is -3.74. The molecule has 0 aliphatic rings. The van der Waals surface area contributed by atoms with Crippen molar-refractivity contribution < 1.29 is 30.8 Å². The van der Waals surface area contributed by atoms with Crippen LogP contribution < -0.4 is 10.0 Å². The van der Waals surface area contributed by atoms with Crippen LogP contribution in [0, 0.1) is 17.1 Å². The first-order chi connectivity index (χ1) is 12.9. The van der Waals surface area contributed by atoms with Crippen molar-refractivity contribution in [2.24, 2.45) is 7.05 Å². The second-order valence-corrected chi connectivity index (χ2v) is 7.33. The lowest BCUT2D eigenvalue weighted by atomic mass is 10.3. The zero-order chi connectivity index (χ0) is 21.3. The first-order valence-electron chi connectivity index (χ1n) is 7.48. The molecular weight excluding hydrogens is 406 g/mol. The second-order valence-electron chi connectivity index (χ2n) is 5.65. The number of aromatic nitrogens is 2. The summed E-state index contributed by atoms with van der Waals surface area (Å²) >= 11 is 0. The molecule has 0 fully saturated rings. The topological polar surface area (TPSA) is 117 Å². The molecule has 13 heteroatoms. The molecule has 2 rings (SSSR count). The van der Waals surface area contributed by atoms with Crippen LogP contribution in [-0.2, 0) is 17.1 Å². The third kappa shape index (κ3) is 4.46. The number of amides is 1. The standard InChI is InChI=1S/C15H13F4N5O3S/c1-8(15(17,18)19)23-28(26,27)11-7-24(2)13(12(11)16)14(25)22-9-3-4-21-10(5-9)6-20/h3-5,7-8,23H,1-2H3,(H,21,22,25). The number of pyridine rings is 1. The van der Waals surface area contributed by atoms with Gasteiger partial charge in [0.2, 0.25) is 10.0 Å². The Morgan fingerprint density at radius 3 is 2.61 bits per heavy atom. The number of hydrogen-bond acceptors (Lipinski definition) is 5. The first-order valence-corrected chi connectivity index (χ1v) is 8.96. The van der Waals surface area contributed by atoms with Gasteiger partial charge in [-0.2, -0.15) is 23.2 Å². The van der Waals surface area contributed by atoms with Gasteiger partial charge in [0.15, 0.2) is 5.82 Å². The fraction of sp³-hybridized carbons (Fsp3) is 0.267. The molecule has 0 aliphatic heterocycles. The van der Waals surface area contributed by atoms with E-state index >= 15 is 0 Å². The van der Waals surface area contributed by atoms with Crippen molar-refractivity contribution in [2.45, 2.75) is 24.0 Å². The summed E-state index contributed by atoms with van der Waals surface area (Å²) in [5.41, 5.74) is -0.667. The van der Waals surface area contributed by atoms with Gasteiger partial charge in [0.1, 0.15) is 28.4 Å². The Morgan fingerprint density at radius 1 is 1.39 bits per heavy atom. The van der Waals surface area contributed by atoms with Crippen LogP contribution in [0.15, 0.2) is 29.4 Å². The molecule has 0 saturated carbocycles. The molecule has 150 valence electrons. The fourth-order valence-electron chi connectivity index (χ4n) is 2.14. The molecule has 0 saturated heterocycles. The highest BCUT2D eigenvalue weighted by Gasteiger charge is 2.40. The maximum atomic E-state index is 14.6. The molecule has 0 aliphatic carbocycles. The lowest BCUT2D eigenvalue weighted by molar-refractivity contribution is -0.147. The summed E-state index contributed by atoms with van der Waals surface area (Å²) < 4.78 is 78.7. The molecule has 2 aromatic rings. The van der Waals surface area contributed by atoms with Crippen LogP contribution in [0.4, 0.5) is 23.2 Å². The van der Waals surface area contributed by atoms with E-state index in [9.17, 15) is 30.8 Å². The molecule has 1 amide bonds. The number of anilines is 1. The number of aryl methyl sites for hydroxylation is 1. The number of rotatable bonds is 5. The van der Waals surface area contributed by atoms with Gasteiger partial charge in [-0.05, 0) is 19.1 Å². The Balaban J connectivity index is 2.35. The third-order valence-corrected chi connectivity index (χ3v) is 5.08. The molecule has 2 N–H and O–H groups in total. The van der Waals surface area contributed by atoms with Gasteiger partial charge in [0, 0.05) is 25.1 Å². The van der Waals surface area contributed by atoms with Gasteiger partial charge in [0.05, 0.1) is 0 Å². The average Bonchev–Trinajstić information content (AvgIpc) is 2.89. The molecule has 28 heavy (non-hydrogen) atoms. The summed E-state index contributed by atoms with van der Waals surface area (Å²) in [6.07, 6.45) is -2.98. The maximum Gasteiger partial charge on any atom is 0.404 e. The number of carbonyl (C=O) groups is 1. The van der Waals surface area contributed by atoms with Gasteiger partial charge in [0.25, 0.3) is 5.91 Å². The van der Waals surface area contributed by atoms with E-state index in [2.05, 4.69) is 10.3 Å². The number of nitrogens with zero attached hydrogens (tertiary/aromatic N) is 3. The Bertz CT molecular complexity index is 1060. The predicted molar refractivity (Wildman–Crippen MR) is 88.1 cm³/mol. The summed E-state index contributed by atoms with van der Waals surface area (Å²) in [6, 6.07) is 1.78. The summed E-state index contributed by atoms with van der Waals surface area (Å²) in [5.74, 6) is -2.59. The van der Waals surface area contributed by atoms with E-state index in [0.717, 1.165) is 11.6 Å². The van der Waals surface area contributed by atoms with Gasteiger partial charge in [-0.1, -0.05) is 0 Å². The fourth-order valence-corrected chi connectivity index (χ4v) is 3.49. The summed E-state index contributed by atoms with van der Waals surface area (Å²) in [6.45, 7) is 0.558. The van der Waals surface area contributed by atoms with E-state index < -0.39 is 44.6 Å². The zero-order valence-corrected chi connectivity index (χ0v) is 15.2. The number of sulfonamides is 1. The van der Waals surface area contributed by atoms with E-state index in [1.807, 2.05) is 0 Å². The molecule has 0 aromatic carbocycles. The molecule has 0 radical (unpaired) electrons. The molecule has 8 nitrogen and oxygen atoms in total. The van der Waals surface area contributed by atoms with E-state index in [4.69, 9.17) is 5.26 Å². The lowest BCUT2D eigenvalue weighted by Gasteiger charge is -2.16. The van der Waals surface area contributed by atoms with E-state index in [1.165, 1.54) is 23.1 Å². The smallest absolute Gasteiger partial charge is 0.343 e. The van der Waals surface area contributed by atoms with Gasteiger partial charge >= 0.3 is 6.18 Å². The molecule has 1 unspecified atom stereocenters. The zero-order valence-electron chi connectivity index (χ0n) is 14.4. The van der Waals surface area contributed by atoms with Gasteiger partial charge < -0.3 is 9.88 Å². The molecule has 2 heterocycles. The van der Waals surface area contributed by atoms with Gasteiger partial charge in [-0.15, -0.1) is 0 Å². The van der Waals surface area contributed by atoms with E-state index in [0.29, 0.717) is 13.1 Å². The molecule has 2 aromatic heterocycles. The minimum atomic E-state index is -4.89. The Kier molecular flexibility index (Phi) is 5.76. The number of alkyl halides is 3. The Hall–Kier alpha value is -2.98. The number of carbonyl (C=O) groups excluding carboxylic acids is 1. The SMILES string of the molecule is CC(NS(=O)(=O)c1cn(C)c(C(=O)Nc2ccnc(C#N)c2)c1F)C(F)(F)F. The second kappa shape index (κ2) is 7.56. The normalized spacial score (nSPS) is 13.0. The monoisotopic (exact) mass is 419 g/mol. The van der Waals surface area contributed by atoms with Crippen LogP contribution in [0.3, 0.4) is 0 Å². The lowest BCUT2D eigenvalue weighted by Crippen LogP contribution is -2.43. The van der Waals surface area contributed by atoms with Crippen LogP contribution in [0.25, 0.3) is 0 Å². The highest BCUT2D eigenvalue weighted by molar-refractivity contribution is 7.89. The van der Waals surface area contributed by atoms with Crippen molar-refractivity contribution in [1.82, 2.24) is 14.3 Å². The van der Waals surface area contributed by atoms with Gasteiger partial charge in [-0.3, -0.25) is 4.79 Å².